The summed E-state index contributed by atoms with van der Waals surface area (Å²) in [6.45, 7) is 4.33. The SMILES string of the molecule is NNc1nc(N2CCN3CCCCC3C2)c2cn[nH]c2n1. The van der Waals surface area contributed by atoms with Crippen LogP contribution in [0.5, 0.6) is 0 Å². The second kappa shape index (κ2) is 5.12. The van der Waals surface area contributed by atoms with Crippen molar-refractivity contribution in [1.29, 1.82) is 0 Å². The van der Waals surface area contributed by atoms with E-state index in [1.54, 1.807) is 6.20 Å². The van der Waals surface area contributed by atoms with Gasteiger partial charge in [-0.05, 0) is 19.4 Å². The highest BCUT2D eigenvalue weighted by Gasteiger charge is 2.30. The van der Waals surface area contributed by atoms with Crippen LogP contribution in [0.15, 0.2) is 6.20 Å². The van der Waals surface area contributed by atoms with Gasteiger partial charge in [0.2, 0.25) is 5.95 Å². The topological polar surface area (TPSA) is 99.0 Å². The Hall–Kier alpha value is -1.93. The summed E-state index contributed by atoms with van der Waals surface area (Å²) in [6, 6.07) is 0.638. The number of hydrogen-bond donors (Lipinski definition) is 3. The van der Waals surface area contributed by atoms with Crippen LogP contribution in [0.1, 0.15) is 19.3 Å². The Labute approximate surface area is 122 Å². The van der Waals surface area contributed by atoms with Gasteiger partial charge in [0.1, 0.15) is 5.82 Å². The minimum absolute atomic E-state index is 0.424. The zero-order chi connectivity index (χ0) is 14.2. The van der Waals surface area contributed by atoms with Crippen molar-refractivity contribution in [2.75, 3.05) is 36.5 Å². The van der Waals surface area contributed by atoms with Crippen LogP contribution in [-0.2, 0) is 0 Å². The van der Waals surface area contributed by atoms with Crippen LogP contribution in [0.25, 0.3) is 11.0 Å². The zero-order valence-electron chi connectivity index (χ0n) is 11.9. The van der Waals surface area contributed by atoms with Crippen molar-refractivity contribution >= 4 is 22.8 Å². The van der Waals surface area contributed by atoms with Crippen LogP contribution in [0, 0.1) is 0 Å². The normalized spacial score (nSPS) is 23.3. The van der Waals surface area contributed by atoms with Crippen molar-refractivity contribution in [3.05, 3.63) is 6.20 Å². The molecule has 0 bridgehead atoms. The first-order chi connectivity index (χ1) is 10.3. The van der Waals surface area contributed by atoms with Gasteiger partial charge in [-0.15, -0.1) is 0 Å². The van der Waals surface area contributed by atoms with Crippen LogP contribution < -0.4 is 16.2 Å². The number of piperidine rings is 1. The monoisotopic (exact) mass is 288 g/mol. The van der Waals surface area contributed by atoms with E-state index in [0.29, 0.717) is 12.0 Å². The maximum atomic E-state index is 5.48. The fourth-order valence-electron chi connectivity index (χ4n) is 3.47. The van der Waals surface area contributed by atoms with Crippen LogP contribution in [-0.4, -0.2) is 57.3 Å². The molecule has 112 valence electrons. The predicted octanol–water partition coefficient (Wildman–Crippen LogP) is 0.313. The number of hydrazine groups is 1. The number of nitrogens with two attached hydrogens (primary N) is 1. The standard InChI is InChI=1S/C13H20N8/c14-18-13-16-11-10(7-15-19-11)12(17-13)21-6-5-20-4-2-1-3-9(20)8-21/h7,9H,1-6,8,14H2,(H2,15,16,17,18,19). The molecule has 2 saturated heterocycles. The first-order valence-electron chi connectivity index (χ1n) is 7.52. The summed E-state index contributed by atoms with van der Waals surface area (Å²) in [4.78, 5) is 13.8. The van der Waals surface area contributed by atoms with Crippen molar-refractivity contribution in [3.8, 4) is 0 Å². The van der Waals surface area contributed by atoms with Crippen molar-refractivity contribution in [2.24, 2.45) is 5.84 Å². The lowest BCUT2D eigenvalue weighted by Crippen LogP contribution is -2.55. The van der Waals surface area contributed by atoms with Gasteiger partial charge < -0.3 is 4.90 Å². The highest BCUT2D eigenvalue weighted by Crippen LogP contribution is 2.28. The Bertz CT molecular complexity index is 638. The molecule has 1 atom stereocenters. The predicted molar refractivity (Wildman–Crippen MR) is 80.9 cm³/mol. The van der Waals surface area contributed by atoms with Gasteiger partial charge in [-0.3, -0.25) is 15.4 Å². The number of rotatable bonds is 2. The largest absolute Gasteiger partial charge is 0.353 e. The number of nitrogens with zero attached hydrogens (tertiary/aromatic N) is 5. The molecule has 2 aliphatic rings. The molecule has 4 rings (SSSR count). The van der Waals surface area contributed by atoms with Gasteiger partial charge in [0.15, 0.2) is 5.65 Å². The first-order valence-corrected chi connectivity index (χ1v) is 7.52. The quantitative estimate of drug-likeness (QED) is 0.540. The molecule has 8 heteroatoms. The van der Waals surface area contributed by atoms with Crippen molar-refractivity contribution in [3.63, 3.8) is 0 Å². The number of nitrogen functional groups attached to an aromatic ring is 1. The first kappa shape index (κ1) is 12.8. The van der Waals surface area contributed by atoms with E-state index in [0.717, 1.165) is 36.5 Å². The number of hydrogen-bond acceptors (Lipinski definition) is 7. The van der Waals surface area contributed by atoms with Crippen LogP contribution >= 0.6 is 0 Å². The minimum atomic E-state index is 0.424. The molecule has 2 fully saturated rings. The third kappa shape index (κ3) is 2.20. The van der Waals surface area contributed by atoms with Crippen LogP contribution in [0.4, 0.5) is 11.8 Å². The summed E-state index contributed by atoms with van der Waals surface area (Å²) in [5.41, 5.74) is 3.26. The molecule has 0 amide bonds. The number of H-pyrrole nitrogens is 1. The molecule has 0 radical (unpaired) electrons. The lowest BCUT2D eigenvalue weighted by atomic mass is 9.99. The van der Waals surface area contributed by atoms with Crippen LogP contribution in [0.3, 0.4) is 0 Å². The molecule has 8 nitrogen and oxygen atoms in total. The Morgan fingerprint density at radius 2 is 2.19 bits per heavy atom. The average molecular weight is 288 g/mol. The maximum absolute atomic E-state index is 5.48. The number of aromatic amines is 1. The van der Waals surface area contributed by atoms with Gasteiger partial charge in [0.25, 0.3) is 0 Å². The summed E-state index contributed by atoms with van der Waals surface area (Å²) in [5, 5.41) is 7.93. The van der Waals surface area contributed by atoms with Gasteiger partial charge in [0.05, 0.1) is 11.6 Å². The summed E-state index contributed by atoms with van der Waals surface area (Å²) in [5.74, 6) is 6.83. The van der Waals surface area contributed by atoms with E-state index in [-0.39, 0.29) is 0 Å². The molecule has 0 aromatic carbocycles. The number of nitrogens with one attached hydrogen (secondary N) is 2. The Morgan fingerprint density at radius 3 is 3.10 bits per heavy atom. The third-order valence-corrected chi connectivity index (χ3v) is 4.56. The zero-order valence-corrected chi connectivity index (χ0v) is 11.9. The van der Waals surface area contributed by atoms with Crippen molar-refractivity contribution in [2.45, 2.75) is 25.3 Å². The highest BCUT2D eigenvalue weighted by molar-refractivity contribution is 5.87. The molecule has 0 spiro atoms. The lowest BCUT2D eigenvalue weighted by molar-refractivity contribution is 0.133. The van der Waals surface area contributed by atoms with Crippen molar-refractivity contribution < 1.29 is 0 Å². The number of aromatic nitrogens is 4. The van der Waals surface area contributed by atoms with Gasteiger partial charge in [-0.25, -0.2) is 5.84 Å². The van der Waals surface area contributed by atoms with Crippen molar-refractivity contribution in [1.82, 2.24) is 25.1 Å². The van der Waals surface area contributed by atoms with E-state index >= 15 is 0 Å². The highest BCUT2D eigenvalue weighted by atomic mass is 15.4. The molecule has 4 heterocycles. The van der Waals surface area contributed by atoms with E-state index in [1.807, 2.05) is 0 Å². The van der Waals surface area contributed by atoms with E-state index in [1.165, 1.54) is 25.8 Å². The molecule has 0 saturated carbocycles. The van der Waals surface area contributed by atoms with Crippen LogP contribution in [0.2, 0.25) is 0 Å². The molecule has 21 heavy (non-hydrogen) atoms. The summed E-state index contributed by atoms with van der Waals surface area (Å²) >= 11 is 0. The number of fused-ring (bicyclic) bond motifs is 2. The lowest BCUT2D eigenvalue weighted by Gasteiger charge is -2.44. The third-order valence-electron chi connectivity index (χ3n) is 4.56. The Kier molecular flexibility index (Phi) is 3.12. The van der Waals surface area contributed by atoms with Gasteiger partial charge in [0, 0.05) is 25.7 Å². The minimum Gasteiger partial charge on any atom is -0.353 e. The smallest absolute Gasteiger partial charge is 0.241 e. The Balaban J connectivity index is 1.67. The fourth-order valence-corrected chi connectivity index (χ4v) is 3.47. The van der Waals surface area contributed by atoms with E-state index in [4.69, 9.17) is 5.84 Å². The summed E-state index contributed by atoms with van der Waals surface area (Å²) < 4.78 is 0. The maximum Gasteiger partial charge on any atom is 0.241 e. The molecule has 2 aromatic heterocycles. The molecular weight excluding hydrogens is 268 g/mol. The molecule has 0 aliphatic carbocycles. The van der Waals surface area contributed by atoms with Gasteiger partial charge in [-0.2, -0.15) is 15.1 Å². The van der Waals surface area contributed by atoms with Gasteiger partial charge in [-0.1, -0.05) is 6.42 Å². The molecule has 2 aliphatic heterocycles. The van der Waals surface area contributed by atoms with E-state index in [2.05, 4.69) is 35.4 Å². The average Bonchev–Trinajstić information content (AvgIpc) is 3.01. The van der Waals surface area contributed by atoms with E-state index < -0.39 is 0 Å². The fraction of sp³-hybridized carbons (Fsp3) is 0.615. The van der Waals surface area contributed by atoms with Gasteiger partial charge >= 0.3 is 0 Å². The number of piperazine rings is 1. The second-order valence-corrected chi connectivity index (χ2v) is 5.78. The summed E-state index contributed by atoms with van der Waals surface area (Å²) in [6.07, 6.45) is 5.73. The molecule has 4 N–H and O–H groups in total. The second-order valence-electron chi connectivity index (χ2n) is 5.78. The van der Waals surface area contributed by atoms with E-state index in [9.17, 15) is 0 Å². The molecule has 2 aromatic rings. The number of anilines is 2. The molecular formula is C13H20N8. The Morgan fingerprint density at radius 1 is 1.24 bits per heavy atom. The summed E-state index contributed by atoms with van der Waals surface area (Å²) in [7, 11) is 0. The molecule has 1 unspecified atom stereocenters.